The molecule has 4 nitrogen and oxygen atoms in total. The SMILES string of the molecule is COC(=O)CCCNc1ccc[nH]1. The summed E-state index contributed by atoms with van der Waals surface area (Å²) in [5.41, 5.74) is 0. The molecule has 0 saturated carbocycles. The van der Waals surface area contributed by atoms with E-state index in [0.717, 1.165) is 18.8 Å². The van der Waals surface area contributed by atoms with E-state index in [1.165, 1.54) is 7.11 Å². The number of carbonyl (C=O) groups excluding carboxylic acids is 1. The molecule has 2 N–H and O–H groups in total. The Hall–Kier alpha value is -1.45. The lowest BCUT2D eigenvalue weighted by Crippen LogP contribution is -2.06. The van der Waals surface area contributed by atoms with Crippen molar-refractivity contribution in [3.05, 3.63) is 18.3 Å². The van der Waals surface area contributed by atoms with E-state index < -0.39 is 0 Å². The van der Waals surface area contributed by atoms with E-state index in [0.29, 0.717) is 6.42 Å². The number of esters is 1. The van der Waals surface area contributed by atoms with Gasteiger partial charge >= 0.3 is 5.97 Å². The van der Waals surface area contributed by atoms with Gasteiger partial charge in [0.25, 0.3) is 0 Å². The molecule has 1 aromatic rings. The van der Waals surface area contributed by atoms with Gasteiger partial charge in [-0.3, -0.25) is 4.79 Å². The number of H-pyrrole nitrogens is 1. The Bertz CT molecular complexity index is 244. The van der Waals surface area contributed by atoms with Crippen LogP contribution in [0.15, 0.2) is 18.3 Å². The number of hydrogen-bond acceptors (Lipinski definition) is 3. The maximum absolute atomic E-state index is 10.7. The van der Waals surface area contributed by atoms with Gasteiger partial charge in [-0.25, -0.2) is 0 Å². The second kappa shape index (κ2) is 5.24. The average molecular weight is 182 g/mol. The maximum atomic E-state index is 10.7. The summed E-state index contributed by atoms with van der Waals surface area (Å²) < 4.78 is 4.51. The lowest BCUT2D eigenvalue weighted by molar-refractivity contribution is -0.140. The van der Waals surface area contributed by atoms with Crippen molar-refractivity contribution in [3.8, 4) is 0 Å². The van der Waals surface area contributed by atoms with Crippen LogP contribution >= 0.6 is 0 Å². The minimum atomic E-state index is -0.159. The van der Waals surface area contributed by atoms with Gasteiger partial charge in [-0.2, -0.15) is 0 Å². The van der Waals surface area contributed by atoms with Crippen molar-refractivity contribution in [1.82, 2.24) is 4.98 Å². The minimum absolute atomic E-state index is 0.159. The summed E-state index contributed by atoms with van der Waals surface area (Å²) in [6, 6.07) is 3.86. The van der Waals surface area contributed by atoms with Crippen LogP contribution in [-0.4, -0.2) is 24.6 Å². The number of rotatable bonds is 5. The number of hydrogen-bond donors (Lipinski definition) is 2. The molecule has 0 aromatic carbocycles. The summed E-state index contributed by atoms with van der Waals surface area (Å²) in [7, 11) is 1.40. The molecule has 0 radical (unpaired) electrons. The lowest BCUT2D eigenvalue weighted by atomic mass is 10.3. The van der Waals surface area contributed by atoms with Crippen LogP contribution in [0.2, 0.25) is 0 Å². The summed E-state index contributed by atoms with van der Waals surface area (Å²) in [4.78, 5) is 13.7. The molecule has 0 fully saturated rings. The first-order valence-corrected chi connectivity index (χ1v) is 4.27. The van der Waals surface area contributed by atoms with Gasteiger partial charge in [0.15, 0.2) is 0 Å². The fraction of sp³-hybridized carbons (Fsp3) is 0.444. The van der Waals surface area contributed by atoms with Crippen molar-refractivity contribution in [2.24, 2.45) is 0 Å². The Morgan fingerprint density at radius 3 is 3.15 bits per heavy atom. The zero-order valence-corrected chi connectivity index (χ0v) is 7.67. The van der Waals surface area contributed by atoms with Crippen LogP contribution in [-0.2, 0) is 9.53 Å². The summed E-state index contributed by atoms with van der Waals surface area (Å²) >= 11 is 0. The fourth-order valence-electron chi connectivity index (χ4n) is 0.998. The zero-order valence-electron chi connectivity index (χ0n) is 7.67. The predicted octanol–water partition coefficient (Wildman–Crippen LogP) is 1.38. The number of aromatic amines is 1. The number of ether oxygens (including phenoxy) is 1. The molecule has 0 atom stereocenters. The quantitative estimate of drug-likeness (QED) is 0.534. The van der Waals surface area contributed by atoms with Crippen LogP contribution < -0.4 is 5.32 Å². The Kier molecular flexibility index (Phi) is 3.88. The maximum Gasteiger partial charge on any atom is 0.305 e. The monoisotopic (exact) mass is 182 g/mol. The summed E-state index contributed by atoms with van der Waals surface area (Å²) in [6.45, 7) is 0.773. The lowest BCUT2D eigenvalue weighted by Gasteiger charge is -2.02. The van der Waals surface area contributed by atoms with Crippen molar-refractivity contribution in [2.75, 3.05) is 19.0 Å². The van der Waals surface area contributed by atoms with E-state index >= 15 is 0 Å². The second-order valence-electron chi connectivity index (χ2n) is 2.69. The average Bonchev–Trinajstić information content (AvgIpc) is 2.64. The molecule has 4 heteroatoms. The predicted molar refractivity (Wildman–Crippen MR) is 50.5 cm³/mol. The van der Waals surface area contributed by atoms with Crippen LogP contribution in [0.4, 0.5) is 5.82 Å². The normalized spacial score (nSPS) is 9.62. The molecule has 1 aromatic heterocycles. The van der Waals surface area contributed by atoms with Crippen molar-refractivity contribution in [2.45, 2.75) is 12.8 Å². The standard InChI is InChI=1S/C9H14N2O2/c1-13-9(12)5-3-7-11-8-4-2-6-10-8/h2,4,6,10-11H,3,5,7H2,1H3. The number of nitrogens with one attached hydrogen (secondary N) is 2. The first-order valence-electron chi connectivity index (χ1n) is 4.27. The fourth-order valence-corrected chi connectivity index (χ4v) is 0.998. The summed E-state index contributed by atoms with van der Waals surface area (Å²) in [6.07, 6.45) is 3.10. The molecule has 0 aliphatic rings. The minimum Gasteiger partial charge on any atom is -0.469 e. The Morgan fingerprint density at radius 1 is 1.69 bits per heavy atom. The van der Waals surface area contributed by atoms with Crippen molar-refractivity contribution in [1.29, 1.82) is 0 Å². The van der Waals surface area contributed by atoms with Gasteiger partial charge in [-0.1, -0.05) is 0 Å². The van der Waals surface area contributed by atoms with E-state index in [2.05, 4.69) is 15.0 Å². The van der Waals surface area contributed by atoms with Gasteiger partial charge in [0.05, 0.1) is 7.11 Å². The number of methoxy groups -OCH3 is 1. The van der Waals surface area contributed by atoms with E-state index in [1.807, 2.05) is 18.3 Å². The van der Waals surface area contributed by atoms with Gasteiger partial charge in [-0.15, -0.1) is 0 Å². The second-order valence-corrected chi connectivity index (χ2v) is 2.69. The molecule has 0 bridgehead atoms. The highest BCUT2D eigenvalue weighted by atomic mass is 16.5. The smallest absolute Gasteiger partial charge is 0.305 e. The van der Waals surface area contributed by atoms with Crippen LogP contribution in [0.1, 0.15) is 12.8 Å². The molecule has 0 aliphatic carbocycles. The van der Waals surface area contributed by atoms with E-state index in [4.69, 9.17) is 0 Å². The Labute approximate surface area is 77.3 Å². The third-order valence-electron chi connectivity index (χ3n) is 1.70. The summed E-state index contributed by atoms with van der Waals surface area (Å²) in [5, 5.41) is 3.14. The van der Waals surface area contributed by atoms with Crippen LogP contribution in [0, 0.1) is 0 Å². The van der Waals surface area contributed by atoms with Crippen molar-refractivity contribution in [3.63, 3.8) is 0 Å². The van der Waals surface area contributed by atoms with Gasteiger partial charge in [-0.05, 0) is 18.6 Å². The van der Waals surface area contributed by atoms with Crippen molar-refractivity contribution >= 4 is 11.8 Å². The molecule has 13 heavy (non-hydrogen) atoms. The highest BCUT2D eigenvalue weighted by molar-refractivity contribution is 5.69. The summed E-state index contributed by atoms with van der Waals surface area (Å²) in [5.74, 6) is 0.818. The molecular formula is C9H14N2O2. The largest absolute Gasteiger partial charge is 0.469 e. The van der Waals surface area contributed by atoms with E-state index in [9.17, 15) is 4.79 Å². The first-order chi connectivity index (χ1) is 6.33. The third kappa shape index (κ3) is 3.64. The van der Waals surface area contributed by atoms with E-state index in [1.54, 1.807) is 0 Å². The van der Waals surface area contributed by atoms with E-state index in [-0.39, 0.29) is 5.97 Å². The van der Waals surface area contributed by atoms with Gasteiger partial charge in [0.1, 0.15) is 5.82 Å². The molecule has 0 aliphatic heterocycles. The van der Waals surface area contributed by atoms with Gasteiger partial charge in [0, 0.05) is 19.2 Å². The number of carbonyl (C=O) groups is 1. The number of anilines is 1. The molecule has 0 unspecified atom stereocenters. The molecular weight excluding hydrogens is 168 g/mol. The number of aromatic nitrogens is 1. The molecule has 0 saturated heterocycles. The molecule has 0 spiro atoms. The van der Waals surface area contributed by atoms with Crippen molar-refractivity contribution < 1.29 is 9.53 Å². The van der Waals surface area contributed by atoms with Gasteiger partial charge in [0.2, 0.25) is 0 Å². The molecule has 1 rings (SSSR count). The van der Waals surface area contributed by atoms with Crippen LogP contribution in [0.3, 0.4) is 0 Å². The molecule has 72 valence electrons. The highest BCUT2D eigenvalue weighted by Crippen LogP contribution is 2.01. The Morgan fingerprint density at radius 2 is 2.54 bits per heavy atom. The first kappa shape index (κ1) is 9.64. The van der Waals surface area contributed by atoms with Gasteiger partial charge < -0.3 is 15.0 Å². The van der Waals surface area contributed by atoms with Crippen LogP contribution in [0.5, 0.6) is 0 Å². The molecule has 0 amide bonds. The Balaban J connectivity index is 2.05. The molecule has 1 heterocycles. The van der Waals surface area contributed by atoms with Crippen LogP contribution in [0.25, 0.3) is 0 Å². The third-order valence-corrected chi connectivity index (χ3v) is 1.70. The topological polar surface area (TPSA) is 54.1 Å². The zero-order chi connectivity index (χ0) is 9.52. The highest BCUT2D eigenvalue weighted by Gasteiger charge is 1.98.